The zero-order valence-electron chi connectivity index (χ0n) is 7.46. The van der Waals surface area contributed by atoms with Gasteiger partial charge in [0.15, 0.2) is 0 Å². The van der Waals surface area contributed by atoms with Crippen molar-refractivity contribution in [2.24, 2.45) is 0 Å². The van der Waals surface area contributed by atoms with Gasteiger partial charge in [0.05, 0.1) is 6.61 Å². The topological polar surface area (TPSA) is 23.5 Å². The summed E-state index contributed by atoms with van der Waals surface area (Å²) in [6.07, 6.45) is 1.88. The van der Waals surface area contributed by atoms with Crippen LogP contribution in [0, 0.1) is 0 Å². The van der Waals surface area contributed by atoms with E-state index >= 15 is 0 Å². The van der Waals surface area contributed by atoms with Crippen molar-refractivity contribution in [1.82, 2.24) is 4.90 Å². The Balaban J connectivity index is 2.19. The van der Waals surface area contributed by atoms with Gasteiger partial charge in [0.1, 0.15) is 6.17 Å². The summed E-state index contributed by atoms with van der Waals surface area (Å²) in [6.45, 7) is 2.77. The third-order valence-electron chi connectivity index (χ3n) is 3.46. The highest BCUT2D eigenvalue weighted by Crippen LogP contribution is 2.42. The number of aliphatic hydroxyl groups excluding tert-OH is 1. The normalized spacial score (nSPS) is 48.2. The minimum absolute atomic E-state index is 0.123. The SMILES string of the molecule is C[C@H]1CCC2(CO)C[C@@H](F)CN12. The number of fused-ring (bicyclic) bond motifs is 1. The second kappa shape index (κ2) is 2.67. The van der Waals surface area contributed by atoms with E-state index in [4.69, 9.17) is 0 Å². The summed E-state index contributed by atoms with van der Waals surface area (Å²) in [5.41, 5.74) is -0.196. The first-order valence-electron chi connectivity index (χ1n) is 4.70. The van der Waals surface area contributed by atoms with Crippen LogP contribution in [0.15, 0.2) is 0 Å². The predicted molar refractivity (Wildman–Crippen MR) is 44.7 cm³/mol. The summed E-state index contributed by atoms with van der Waals surface area (Å²) in [5.74, 6) is 0. The van der Waals surface area contributed by atoms with Crippen molar-refractivity contribution < 1.29 is 9.50 Å². The van der Waals surface area contributed by atoms with Gasteiger partial charge in [-0.2, -0.15) is 0 Å². The van der Waals surface area contributed by atoms with E-state index in [0.29, 0.717) is 19.0 Å². The Morgan fingerprint density at radius 1 is 1.67 bits per heavy atom. The molecule has 2 saturated heterocycles. The summed E-state index contributed by atoms with van der Waals surface area (Å²) < 4.78 is 13.1. The average Bonchev–Trinajstić information content (AvgIpc) is 2.51. The maximum Gasteiger partial charge on any atom is 0.115 e. The molecular weight excluding hydrogens is 157 g/mol. The Labute approximate surface area is 72.4 Å². The van der Waals surface area contributed by atoms with E-state index in [-0.39, 0.29) is 12.1 Å². The quantitative estimate of drug-likeness (QED) is 0.638. The van der Waals surface area contributed by atoms with Crippen molar-refractivity contribution in [2.45, 2.75) is 43.9 Å². The van der Waals surface area contributed by atoms with Gasteiger partial charge in [0.25, 0.3) is 0 Å². The molecule has 2 rings (SSSR count). The van der Waals surface area contributed by atoms with Crippen LogP contribution in [-0.2, 0) is 0 Å². The van der Waals surface area contributed by atoms with Gasteiger partial charge in [-0.05, 0) is 19.8 Å². The fourth-order valence-electron chi connectivity index (χ4n) is 2.76. The molecule has 1 unspecified atom stereocenters. The van der Waals surface area contributed by atoms with Crippen LogP contribution in [-0.4, -0.2) is 40.9 Å². The molecule has 0 spiro atoms. The Bertz CT molecular complexity index is 187. The molecule has 0 saturated carbocycles. The Morgan fingerprint density at radius 2 is 2.42 bits per heavy atom. The number of hydrogen-bond acceptors (Lipinski definition) is 2. The van der Waals surface area contributed by atoms with Crippen LogP contribution in [0.3, 0.4) is 0 Å². The smallest absolute Gasteiger partial charge is 0.115 e. The molecule has 3 heteroatoms. The van der Waals surface area contributed by atoms with Crippen LogP contribution in [0.5, 0.6) is 0 Å². The summed E-state index contributed by atoms with van der Waals surface area (Å²) in [6, 6.07) is 0.456. The van der Waals surface area contributed by atoms with Gasteiger partial charge >= 0.3 is 0 Å². The van der Waals surface area contributed by atoms with Gasteiger partial charge in [-0.25, -0.2) is 4.39 Å². The molecule has 3 atom stereocenters. The van der Waals surface area contributed by atoms with Crippen LogP contribution >= 0.6 is 0 Å². The van der Waals surface area contributed by atoms with E-state index in [0.717, 1.165) is 12.8 Å². The van der Waals surface area contributed by atoms with Gasteiger partial charge in [-0.15, -0.1) is 0 Å². The summed E-state index contributed by atoms with van der Waals surface area (Å²) in [7, 11) is 0. The Kier molecular flexibility index (Phi) is 1.88. The Hall–Kier alpha value is -0.150. The standard InChI is InChI=1S/C9H16FNO/c1-7-2-3-9(6-12)4-8(10)5-11(7)9/h7-8,12H,2-6H2,1H3/t7-,8+,9?/m0/s1. The van der Waals surface area contributed by atoms with Crippen molar-refractivity contribution in [3.05, 3.63) is 0 Å². The largest absolute Gasteiger partial charge is 0.394 e. The third kappa shape index (κ3) is 0.995. The molecule has 12 heavy (non-hydrogen) atoms. The zero-order valence-corrected chi connectivity index (χ0v) is 7.46. The van der Waals surface area contributed by atoms with Crippen LogP contribution in [0.25, 0.3) is 0 Å². The minimum Gasteiger partial charge on any atom is -0.394 e. The number of alkyl halides is 1. The highest BCUT2D eigenvalue weighted by molar-refractivity contribution is 5.05. The first kappa shape index (κ1) is 8.45. The number of rotatable bonds is 1. The number of halogens is 1. The van der Waals surface area contributed by atoms with Crippen molar-refractivity contribution in [1.29, 1.82) is 0 Å². The first-order valence-corrected chi connectivity index (χ1v) is 4.70. The molecule has 0 aliphatic carbocycles. The highest BCUT2D eigenvalue weighted by Gasteiger charge is 2.50. The van der Waals surface area contributed by atoms with Crippen LogP contribution in [0.2, 0.25) is 0 Å². The van der Waals surface area contributed by atoms with Gasteiger partial charge in [0.2, 0.25) is 0 Å². The molecule has 1 N–H and O–H groups in total. The summed E-state index contributed by atoms with van der Waals surface area (Å²) in [5, 5.41) is 9.25. The number of aliphatic hydroxyl groups is 1. The lowest BCUT2D eigenvalue weighted by Gasteiger charge is -2.31. The monoisotopic (exact) mass is 173 g/mol. The molecule has 0 amide bonds. The fourth-order valence-corrected chi connectivity index (χ4v) is 2.76. The van der Waals surface area contributed by atoms with Crippen LogP contribution in [0.4, 0.5) is 4.39 Å². The Morgan fingerprint density at radius 3 is 3.00 bits per heavy atom. The molecule has 0 bridgehead atoms. The minimum atomic E-state index is -0.722. The van der Waals surface area contributed by atoms with Crippen molar-refractivity contribution in [3.8, 4) is 0 Å². The molecule has 0 aromatic carbocycles. The van der Waals surface area contributed by atoms with Crippen molar-refractivity contribution >= 4 is 0 Å². The molecular formula is C9H16FNO. The molecule has 2 fully saturated rings. The van der Waals surface area contributed by atoms with E-state index in [1.165, 1.54) is 0 Å². The molecule has 70 valence electrons. The van der Waals surface area contributed by atoms with Crippen LogP contribution < -0.4 is 0 Å². The molecule has 2 aliphatic rings. The van der Waals surface area contributed by atoms with Gasteiger partial charge in [0, 0.05) is 24.5 Å². The molecule has 0 radical (unpaired) electrons. The van der Waals surface area contributed by atoms with E-state index < -0.39 is 6.17 Å². The predicted octanol–water partition coefficient (Wildman–Crippen LogP) is 0.944. The van der Waals surface area contributed by atoms with Crippen molar-refractivity contribution in [2.75, 3.05) is 13.2 Å². The highest BCUT2D eigenvalue weighted by atomic mass is 19.1. The molecule has 2 nitrogen and oxygen atoms in total. The zero-order chi connectivity index (χ0) is 8.77. The van der Waals surface area contributed by atoms with Crippen molar-refractivity contribution in [3.63, 3.8) is 0 Å². The number of nitrogens with zero attached hydrogens (tertiary/aromatic N) is 1. The molecule has 2 aliphatic heterocycles. The first-order chi connectivity index (χ1) is 5.68. The van der Waals surface area contributed by atoms with E-state index in [2.05, 4.69) is 11.8 Å². The lowest BCUT2D eigenvalue weighted by molar-refractivity contribution is 0.0818. The van der Waals surface area contributed by atoms with E-state index in [9.17, 15) is 9.50 Å². The lowest BCUT2D eigenvalue weighted by Crippen LogP contribution is -2.44. The van der Waals surface area contributed by atoms with Gasteiger partial charge < -0.3 is 5.11 Å². The third-order valence-corrected chi connectivity index (χ3v) is 3.46. The average molecular weight is 173 g/mol. The second-order valence-corrected chi connectivity index (χ2v) is 4.22. The maximum atomic E-state index is 13.1. The van der Waals surface area contributed by atoms with Crippen LogP contribution in [0.1, 0.15) is 26.2 Å². The molecule has 0 aromatic heterocycles. The second-order valence-electron chi connectivity index (χ2n) is 4.22. The lowest BCUT2D eigenvalue weighted by atomic mass is 9.95. The van der Waals surface area contributed by atoms with E-state index in [1.807, 2.05) is 0 Å². The summed E-state index contributed by atoms with van der Waals surface area (Å²) in [4.78, 5) is 2.15. The summed E-state index contributed by atoms with van der Waals surface area (Å²) >= 11 is 0. The fraction of sp³-hybridized carbons (Fsp3) is 1.00. The molecule has 2 heterocycles. The van der Waals surface area contributed by atoms with Gasteiger partial charge in [-0.1, -0.05) is 0 Å². The maximum absolute atomic E-state index is 13.1. The number of hydrogen-bond donors (Lipinski definition) is 1. The van der Waals surface area contributed by atoms with E-state index in [1.54, 1.807) is 0 Å². The van der Waals surface area contributed by atoms with Gasteiger partial charge in [-0.3, -0.25) is 4.90 Å². The molecule has 0 aromatic rings.